The lowest BCUT2D eigenvalue weighted by atomic mass is 10.2. The Balaban J connectivity index is 1.29. The summed E-state index contributed by atoms with van der Waals surface area (Å²) in [5.41, 5.74) is 1.12. The number of nitrogens with one attached hydrogen (secondary N) is 2. The number of carbonyl (C=O) groups is 2. The van der Waals surface area contributed by atoms with E-state index in [1.165, 1.54) is 11.8 Å². The molecular formula is C20H18ClN5O4S. The highest BCUT2D eigenvalue weighted by molar-refractivity contribution is 7.99. The highest BCUT2D eigenvalue weighted by Crippen LogP contribution is 2.32. The van der Waals surface area contributed by atoms with Crippen LogP contribution in [0.2, 0.25) is 5.02 Å². The number of anilines is 1. The highest BCUT2D eigenvalue weighted by atomic mass is 35.5. The zero-order chi connectivity index (χ0) is 21.8. The number of amides is 2. The summed E-state index contributed by atoms with van der Waals surface area (Å²) >= 11 is 7.09. The third-order valence-electron chi connectivity index (χ3n) is 4.43. The zero-order valence-electron chi connectivity index (χ0n) is 16.4. The van der Waals surface area contributed by atoms with Crippen molar-refractivity contribution in [1.82, 2.24) is 20.1 Å². The van der Waals surface area contributed by atoms with Gasteiger partial charge in [-0.15, -0.1) is 10.2 Å². The topological polar surface area (TPSA) is 107 Å². The SMILES string of the molecule is Cn1c(CNC(=O)c2ccc3c(c2)OCO3)nnc1SCC(=O)Nc1ccc(Cl)cc1. The summed E-state index contributed by atoms with van der Waals surface area (Å²) in [6, 6.07) is 11.9. The maximum atomic E-state index is 12.4. The molecule has 0 fully saturated rings. The average Bonchev–Trinajstić information content (AvgIpc) is 3.38. The number of ether oxygens (including phenoxy) is 2. The fraction of sp³-hybridized carbons (Fsp3) is 0.200. The molecule has 4 rings (SSSR count). The van der Waals surface area contributed by atoms with E-state index in [4.69, 9.17) is 21.1 Å². The molecule has 1 aliphatic heterocycles. The van der Waals surface area contributed by atoms with Crippen LogP contribution in [-0.4, -0.2) is 39.1 Å². The molecule has 11 heteroatoms. The second kappa shape index (κ2) is 9.27. The molecule has 0 radical (unpaired) electrons. The Morgan fingerprint density at radius 2 is 1.90 bits per heavy atom. The molecule has 0 spiro atoms. The molecule has 0 atom stereocenters. The number of hydrogen-bond acceptors (Lipinski definition) is 7. The molecular weight excluding hydrogens is 442 g/mol. The van der Waals surface area contributed by atoms with Crippen molar-refractivity contribution in [3.63, 3.8) is 0 Å². The predicted molar refractivity (Wildman–Crippen MR) is 116 cm³/mol. The van der Waals surface area contributed by atoms with E-state index in [0.29, 0.717) is 38.8 Å². The number of nitrogens with zero attached hydrogens (tertiary/aromatic N) is 3. The van der Waals surface area contributed by atoms with Crippen molar-refractivity contribution in [2.75, 3.05) is 17.9 Å². The first-order chi connectivity index (χ1) is 15.0. The van der Waals surface area contributed by atoms with Crippen LogP contribution in [0.3, 0.4) is 0 Å². The molecule has 0 saturated carbocycles. The molecule has 1 aliphatic rings. The predicted octanol–water partition coefficient (Wildman–Crippen LogP) is 2.86. The number of thioether (sulfide) groups is 1. The molecule has 2 N–H and O–H groups in total. The molecule has 1 aromatic heterocycles. The lowest BCUT2D eigenvalue weighted by Gasteiger charge is -2.07. The molecule has 2 amide bonds. The minimum absolute atomic E-state index is 0.150. The molecule has 0 saturated heterocycles. The Kier molecular flexibility index (Phi) is 6.28. The van der Waals surface area contributed by atoms with Crippen molar-refractivity contribution in [3.8, 4) is 11.5 Å². The number of fused-ring (bicyclic) bond motifs is 1. The van der Waals surface area contributed by atoms with Crippen LogP contribution in [0.4, 0.5) is 5.69 Å². The van der Waals surface area contributed by atoms with E-state index in [1.54, 1.807) is 54.1 Å². The van der Waals surface area contributed by atoms with Gasteiger partial charge in [0.15, 0.2) is 22.5 Å². The van der Waals surface area contributed by atoms with E-state index in [1.807, 2.05) is 0 Å². The van der Waals surface area contributed by atoms with E-state index in [-0.39, 0.29) is 30.9 Å². The van der Waals surface area contributed by atoms with Crippen molar-refractivity contribution in [2.24, 2.45) is 7.05 Å². The second-order valence-electron chi connectivity index (χ2n) is 6.55. The van der Waals surface area contributed by atoms with Crippen LogP contribution >= 0.6 is 23.4 Å². The van der Waals surface area contributed by atoms with E-state index in [9.17, 15) is 9.59 Å². The lowest BCUT2D eigenvalue weighted by Crippen LogP contribution is -2.24. The maximum Gasteiger partial charge on any atom is 0.251 e. The Hall–Kier alpha value is -3.24. The second-order valence-corrected chi connectivity index (χ2v) is 7.93. The van der Waals surface area contributed by atoms with Gasteiger partial charge in [0.1, 0.15) is 0 Å². The molecule has 31 heavy (non-hydrogen) atoms. The van der Waals surface area contributed by atoms with Crippen LogP contribution < -0.4 is 20.1 Å². The minimum atomic E-state index is -0.266. The van der Waals surface area contributed by atoms with Crippen LogP contribution in [-0.2, 0) is 18.4 Å². The first-order valence-electron chi connectivity index (χ1n) is 9.24. The number of benzene rings is 2. The standard InChI is InChI=1S/C20H18ClN5O4S/c1-26-17(9-22-19(28)12-2-7-15-16(8-12)30-11-29-15)24-25-20(26)31-10-18(27)23-14-5-3-13(21)4-6-14/h2-8H,9-11H2,1H3,(H,22,28)(H,23,27). The first kappa shape index (κ1) is 21.0. The zero-order valence-corrected chi connectivity index (χ0v) is 18.0. The van der Waals surface area contributed by atoms with E-state index < -0.39 is 0 Å². The fourth-order valence-corrected chi connectivity index (χ4v) is 3.64. The summed E-state index contributed by atoms with van der Waals surface area (Å²) in [4.78, 5) is 24.6. The normalized spacial score (nSPS) is 11.9. The summed E-state index contributed by atoms with van der Waals surface area (Å²) < 4.78 is 12.3. The van der Waals surface area contributed by atoms with Gasteiger partial charge in [-0.25, -0.2) is 0 Å². The van der Waals surface area contributed by atoms with E-state index >= 15 is 0 Å². The summed E-state index contributed by atoms with van der Waals surface area (Å²) in [5, 5.41) is 15.0. The smallest absolute Gasteiger partial charge is 0.251 e. The Bertz CT molecular complexity index is 1120. The summed E-state index contributed by atoms with van der Waals surface area (Å²) in [6.07, 6.45) is 0. The minimum Gasteiger partial charge on any atom is -0.454 e. The van der Waals surface area contributed by atoms with Gasteiger partial charge in [0, 0.05) is 23.3 Å². The largest absolute Gasteiger partial charge is 0.454 e. The number of aromatic nitrogens is 3. The van der Waals surface area contributed by atoms with Gasteiger partial charge < -0.3 is 24.7 Å². The molecule has 2 heterocycles. The quantitative estimate of drug-likeness (QED) is 0.523. The highest BCUT2D eigenvalue weighted by Gasteiger charge is 2.17. The Morgan fingerprint density at radius 3 is 2.71 bits per heavy atom. The van der Waals surface area contributed by atoms with Gasteiger partial charge >= 0.3 is 0 Å². The molecule has 3 aromatic rings. The molecule has 0 bridgehead atoms. The van der Waals surface area contributed by atoms with Crippen LogP contribution in [0.5, 0.6) is 11.5 Å². The van der Waals surface area contributed by atoms with Gasteiger partial charge in [-0.1, -0.05) is 23.4 Å². The summed E-state index contributed by atoms with van der Waals surface area (Å²) in [6.45, 7) is 0.339. The molecule has 0 unspecified atom stereocenters. The summed E-state index contributed by atoms with van der Waals surface area (Å²) in [7, 11) is 1.78. The molecule has 9 nitrogen and oxygen atoms in total. The fourth-order valence-electron chi connectivity index (χ4n) is 2.78. The van der Waals surface area contributed by atoms with Crippen LogP contribution in [0, 0.1) is 0 Å². The molecule has 0 aliphatic carbocycles. The van der Waals surface area contributed by atoms with E-state index in [2.05, 4.69) is 20.8 Å². The lowest BCUT2D eigenvalue weighted by molar-refractivity contribution is -0.113. The van der Waals surface area contributed by atoms with Crippen LogP contribution in [0.25, 0.3) is 0 Å². The van der Waals surface area contributed by atoms with Crippen molar-refractivity contribution < 1.29 is 19.1 Å². The Morgan fingerprint density at radius 1 is 1.13 bits per heavy atom. The Labute approximate surface area is 187 Å². The monoisotopic (exact) mass is 459 g/mol. The number of carbonyl (C=O) groups excluding carboxylic acids is 2. The third kappa shape index (κ3) is 5.09. The molecule has 2 aromatic carbocycles. The average molecular weight is 460 g/mol. The van der Waals surface area contributed by atoms with Gasteiger partial charge in [-0.3, -0.25) is 9.59 Å². The van der Waals surface area contributed by atoms with Crippen molar-refractivity contribution in [1.29, 1.82) is 0 Å². The van der Waals surface area contributed by atoms with Crippen LogP contribution in [0.1, 0.15) is 16.2 Å². The van der Waals surface area contributed by atoms with Crippen LogP contribution in [0.15, 0.2) is 47.6 Å². The van der Waals surface area contributed by atoms with Gasteiger partial charge in [-0.2, -0.15) is 0 Å². The van der Waals surface area contributed by atoms with Crippen molar-refractivity contribution in [2.45, 2.75) is 11.7 Å². The third-order valence-corrected chi connectivity index (χ3v) is 5.70. The van der Waals surface area contributed by atoms with E-state index in [0.717, 1.165) is 0 Å². The molecule has 160 valence electrons. The van der Waals surface area contributed by atoms with Gasteiger partial charge in [0.2, 0.25) is 12.7 Å². The number of halogens is 1. The maximum absolute atomic E-state index is 12.4. The van der Waals surface area contributed by atoms with Gasteiger partial charge in [0.25, 0.3) is 5.91 Å². The summed E-state index contributed by atoms with van der Waals surface area (Å²) in [5.74, 6) is 1.45. The number of rotatable bonds is 7. The van der Waals surface area contributed by atoms with Gasteiger partial charge in [-0.05, 0) is 42.5 Å². The first-order valence-corrected chi connectivity index (χ1v) is 10.6. The number of hydrogen-bond donors (Lipinski definition) is 2. The van der Waals surface area contributed by atoms with Gasteiger partial charge in [0.05, 0.1) is 12.3 Å². The van der Waals surface area contributed by atoms with Crippen molar-refractivity contribution >= 4 is 40.9 Å². The van der Waals surface area contributed by atoms with Crippen molar-refractivity contribution in [3.05, 3.63) is 58.9 Å².